The van der Waals surface area contributed by atoms with Crippen molar-refractivity contribution >= 4 is 11.9 Å². The van der Waals surface area contributed by atoms with Crippen molar-refractivity contribution in [1.82, 2.24) is 5.32 Å². The second kappa shape index (κ2) is 46.4. The molecular formula is C53H93NO5. The number of aliphatic hydroxyl groups is 2. The minimum Gasteiger partial charge on any atom is -0.462 e. The summed E-state index contributed by atoms with van der Waals surface area (Å²) >= 11 is 0. The second-order valence-corrected chi connectivity index (χ2v) is 16.6. The first-order valence-electron chi connectivity index (χ1n) is 24.7. The lowest BCUT2D eigenvalue weighted by molar-refractivity contribution is -0.151. The van der Waals surface area contributed by atoms with Gasteiger partial charge in [0, 0.05) is 6.42 Å². The predicted molar refractivity (Wildman–Crippen MR) is 255 cm³/mol. The van der Waals surface area contributed by atoms with Crippen LogP contribution in [0.25, 0.3) is 0 Å². The lowest BCUT2D eigenvalue weighted by Crippen LogP contribution is -2.46. The van der Waals surface area contributed by atoms with Crippen LogP contribution in [0.4, 0.5) is 0 Å². The van der Waals surface area contributed by atoms with Gasteiger partial charge in [-0.3, -0.25) is 9.59 Å². The SMILES string of the molecule is CC/C=C/C=C/C=C\C=C/CCCC(CC(=O)NC(CO)C(O)CCCCCCCCCCCCCCCC)OC(=O)CCCCCCCC/C=C/C=C/CCCCC. The third-order valence-corrected chi connectivity index (χ3v) is 10.9. The lowest BCUT2D eigenvalue weighted by atomic mass is 10.0. The Morgan fingerprint density at radius 3 is 1.47 bits per heavy atom. The normalized spacial score (nSPS) is 13.9. The smallest absolute Gasteiger partial charge is 0.306 e. The Kier molecular flexibility index (Phi) is 44.2. The minimum absolute atomic E-state index is 0.0244. The molecule has 0 aromatic rings. The Balaban J connectivity index is 4.63. The molecule has 6 nitrogen and oxygen atoms in total. The van der Waals surface area contributed by atoms with E-state index in [4.69, 9.17) is 4.74 Å². The molecule has 0 aromatic heterocycles. The van der Waals surface area contributed by atoms with Crippen LogP contribution in [0.1, 0.15) is 226 Å². The highest BCUT2D eigenvalue weighted by molar-refractivity contribution is 5.77. The quantitative estimate of drug-likeness (QED) is 0.0323. The summed E-state index contributed by atoms with van der Waals surface area (Å²) in [6.45, 7) is 6.28. The van der Waals surface area contributed by atoms with Gasteiger partial charge < -0.3 is 20.3 Å². The third kappa shape index (κ3) is 41.8. The molecule has 0 aliphatic heterocycles. The largest absolute Gasteiger partial charge is 0.462 e. The maximum Gasteiger partial charge on any atom is 0.306 e. The van der Waals surface area contributed by atoms with Crippen LogP contribution >= 0.6 is 0 Å². The first-order chi connectivity index (χ1) is 29.0. The highest BCUT2D eigenvalue weighted by atomic mass is 16.5. The van der Waals surface area contributed by atoms with Gasteiger partial charge in [0.05, 0.1) is 25.2 Å². The molecule has 0 heterocycles. The van der Waals surface area contributed by atoms with Crippen molar-refractivity contribution in [3.05, 3.63) is 72.9 Å². The molecule has 0 aromatic carbocycles. The molecule has 340 valence electrons. The Hall–Kier alpha value is -2.70. The van der Waals surface area contributed by atoms with E-state index in [-0.39, 0.29) is 24.9 Å². The summed E-state index contributed by atoms with van der Waals surface area (Å²) in [6, 6.07) is -0.727. The molecular weight excluding hydrogens is 731 g/mol. The highest BCUT2D eigenvalue weighted by Crippen LogP contribution is 2.17. The summed E-state index contributed by atoms with van der Waals surface area (Å²) in [6.07, 6.45) is 58.2. The fraction of sp³-hybridized carbons (Fsp3) is 0.736. The van der Waals surface area contributed by atoms with Crippen molar-refractivity contribution in [2.24, 2.45) is 0 Å². The number of aliphatic hydroxyl groups excluding tert-OH is 2. The molecule has 1 amide bonds. The number of rotatable bonds is 43. The fourth-order valence-electron chi connectivity index (χ4n) is 7.14. The summed E-state index contributed by atoms with van der Waals surface area (Å²) in [5.74, 6) is -0.559. The van der Waals surface area contributed by atoms with Crippen LogP contribution in [0.3, 0.4) is 0 Å². The molecule has 0 saturated heterocycles. The Labute approximate surface area is 364 Å². The van der Waals surface area contributed by atoms with Crippen LogP contribution in [0.5, 0.6) is 0 Å². The zero-order valence-corrected chi connectivity index (χ0v) is 38.6. The number of unbranched alkanes of at least 4 members (excludes halogenated alkanes) is 23. The zero-order chi connectivity index (χ0) is 43.1. The number of ether oxygens (including phenoxy) is 1. The van der Waals surface area contributed by atoms with Gasteiger partial charge in [-0.2, -0.15) is 0 Å². The summed E-state index contributed by atoms with van der Waals surface area (Å²) in [5, 5.41) is 23.7. The number of amides is 1. The molecule has 0 aliphatic carbocycles. The van der Waals surface area contributed by atoms with E-state index in [1.54, 1.807) is 0 Å². The standard InChI is InChI=1S/C53H93NO5/c1-4-7-10-13-16-19-22-24-26-28-31-34-37-40-43-46-53(58)59-49(44-41-38-35-32-29-21-18-15-12-9-6-3)47-52(57)54-50(48-55)51(56)45-42-39-36-33-30-27-25-23-20-17-14-11-8-5-2/h9,12,15-16,18-19,21-22,24,29,32,35,49-51,55-56H,4-8,10-11,13-14,17,20,23,25-28,30-31,33-34,36-48H2,1-3H3,(H,54,57)/b12-9+,18-15+,19-16+,24-22+,29-21-,35-32-. The van der Waals surface area contributed by atoms with Crippen molar-refractivity contribution in [3.63, 3.8) is 0 Å². The topological polar surface area (TPSA) is 95.9 Å². The predicted octanol–water partition coefficient (Wildman–Crippen LogP) is 14.6. The monoisotopic (exact) mass is 824 g/mol. The van der Waals surface area contributed by atoms with Crippen LogP contribution in [0, 0.1) is 0 Å². The van der Waals surface area contributed by atoms with Crippen LogP contribution < -0.4 is 5.32 Å². The van der Waals surface area contributed by atoms with Gasteiger partial charge in [-0.1, -0.05) is 222 Å². The number of esters is 1. The van der Waals surface area contributed by atoms with Crippen molar-refractivity contribution in [3.8, 4) is 0 Å². The van der Waals surface area contributed by atoms with Crippen LogP contribution in [0.2, 0.25) is 0 Å². The lowest BCUT2D eigenvalue weighted by Gasteiger charge is -2.24. The molecule has 0 fully saturated rings. The van der Waals surface area contributed by atoms with Gasteiger partial charge in [-0.15, -0.1) is 0 Å². The van der Waals surface area contributed by atoms with Gasteiger partial charge in [-0.25, -0.2) is 0 Å². The van der Waals surface area contributed by atoms with Crippen molar-refractivity contribution in [1.29, 1.82) is 0 Å². The number of allylic oxidation sites excluding steroid dienone is 12. The van der Waals surface area contributed by atoms with Gasteiger partial charge in [-0.05, 0) is 64.2 Å². The van der Waals surface area contributed by atoms with E-state index in [1.807, 2.05) is 36.5 Å². The maximum atomic E-state index is 13.2. The molecule has 59 heavy (non-hydrogen) atoms. The number of carbonyl (C=O) groups is 2. The third-order valence-electron chi connectivity index (χ3n) is 10.9. The van der Waals surface area contributed by atoms with Crippen molar-refractivity contribution in [2.45, 2.75) is 244 Å². The second-order valence-electron chi connectivity index (χ2n) is 16.6. The van der Waals surface area contributed by atoms with Crippen LogP contribution in [-0.4, -0.2) is 46.9 Å². The molecule has 3 unspecified atom stereocenters. The van der Waals surface area contributed by atoms with E-state index < -0.39 is 18.2 Å². The molecule has 0 aliphatic rings. The molecule has 0 spiro atoms. The van der Waals surface area contributed by atoms with E-state index >= 15 is 0 Å². The average molecular weight is 824 g/mol. The summed E-state index contributed by atoms with van der Waals surface area (Å²) < 4.78 is 5.87. The first kappa shape index (κ1) is 56.3. The molecule has 3 atom stereocenters. The van der Waals surface area contributed by atoms with E-state index in [0.29, 0.717) is 19.3 Å². The van der Waals surface area contributed by atoms with Gasteiger partial charge >= 0.3 is 5.97 Å². The van der Waals surface area contributed by atoms with Gasteiger partial charge in [0.2, 0.25) is 5.91 Å². The molecule has 0 radical (unpaired) electrons. The Bertz CT molecular complexity index is 1110. The first-order valence-corrected chi connectivity index (χ1v) is 24.7. The van der Waals surface area contributed by atoms with Gasteiger partial charge in [0.1, 0.15) is 6.10 Å². The van der Waals surface area contributed by atoms with E-state index in [0.717, 1.165) is 64.2 Å². The zero-order valence-electron chi connectivity index (χ0n) is 38.6. The van der Waals surface area contributed by atoms with Gasteiger partial charge in [0.25, 0.3) is 0 Å². The van der Waals surface area contributed by atoms with E-state index in [2.05, 4.69) is 62.5 Å². The molecule has 6 heteroatoms. The molecule has 0 saturated carbocycles. The van der Waals surface area contributed by atoms with Crippen molar-refractivity contribution in [2.75, 3.05) is 6.61 Å². The van der Waals surface area contributed by atoms with E-state index in [1.165, 1.54) is 116 Å². The number of hydrogen-bond donors (Lipinski definition) is 3. The van der Waals surface area contributed by atoms with Crippen LogP contribution in [-0.2, 0) is 14.3 Å². The number of hydrogen-bond acceptors (Lipinski definition) is 5. The average Bonchev–Trinajstić information content (AvgIpc) is 3.23. The fourth-order valence-corrected chi connectivity index (χ4v) is 7.14. The Morgan fingerprint density at radius 1 is 0.508 bits per heavy atom. The maximum absolute atomic E-state index is 13.2. The van der Waals surface area contributed by atoms with Crippen LogP contribution in [0.15, 0.2) is 72.9 Å². The Morgan fingerprint density at radius 2 is 0.932 bits per heavy atom. The minimum atomic E-state index is -0.809. The summed E-state index contributed by atoms with van der Waals surface area (Å²) in [4.78, 5) is 26.0. The number of nitrogens with one attached hydrogen (secondary N) is 1. The van der Waals surface area contributed by atoms with E-state index in [9.17, 15) is 19.8 Å². The summed E-state index contributed by atoms with van der Waals surface area (Å²) in [5.41, 5.74) is 0. The van der Waals surface area contributed by atoms with Crippen molar-refractivity contribution < 1.29 is 24.5 Å². The molecule has 0 rings (SSSR count). The molecule has 0 bridgehead atoms. The van der Waals surface area contributed by atoms with Gasteiger partial charge in [0.15, 0.2) is 0 Å². The highest BCUT2D eigenvalue weighted by Gasteiger charge is 2.24. The number of carbonyl (C=O) groups excluding carboxylic acids is 2. The molecule has 3 N–H and O–H groups in total. The summed E-state index contributed by atoms with van der Waals surface area (Å²) in [7, 11) is 0.